The van der Waals surface area contributed by atoms with E-state index in [9.17, 15) is 12.8 Å². The SMILES string of the molecule is N#Cc1ccc([S-](=O)=O)c(F)c1.[Na+]. The first-order valence-electron chi connectivity index (χ1n) is 2.94. The van der Waals surface area contributed by atoms with Crippen molar-refractivity contribution >= 4 is 10.7 Å². The number of nitrogens with zero attached hydrogens (tertiary/aromatic N) is 1. The molecule has 3 nitrogen and oxygen atoms in total. The fraction of sp³-hybridized carbons (Fsp3) is 0. The molecular formula is C7H3FNNaO2S. The van der Waals surface area contributed by atoms with Gasteiger partial charge in [0, 0.05) is 0 Å². The average molecular weight is 207 g/mol. The second-order valence-corrected chi connectivity index (χ2v) is 2.90. The molecule has 1 aromatic rings. The molecule has 0 aliphatic carbocycles. The third-order valence-corrected chi connectivity index (χ3v) is 1.93. The first-order chi connectivity index (χ1) is 5.65. The number of halogens is 1. The summed E-state index contributed by atoms with van der Waals surface area (Å²) in [7, 11) is -2.59. The predicted molar refractivity (Wildman–Crippen MR) is 38.1 cm³/mol. The van der Waals surface area contributed by atoms with Crippen LogP contribution < -0.4 is 29.6 Å². The Balaban J connectivity index is 0.00000144. The Kier molecular flexibility index (Phi) is 5.18. The van der Waals surface area contributed by atoms with Gasteiger partial charge in [-0.15, -0.1) is 0 Å². The van der Waals surface area contributed by atoms with E-state index in [-0.39, 0.29) is 35.1 Å². The van der Waals surface area contributed by atoms with Crippen LogP contribution in [0.2, 0.25) is 0 Å². The third-order valence-electron chi connectivity index (χ3n) is 1.24. The number of rotatable bonds is 1. The molecule has 0 radical (unpaired) electrons. The van der Waals surface area contributed by atoms with E-state index in [0.717, 1.165) is 12.1 Å². The van der Waals surface area contributed by atoms with Crippen LogP contribution in [0.1, 0.15) is 5.56 Å². The molecule has 6 heteroatoms. The van der Waals surface area contributed by atoms with Gasteiger partial charge in [-0.3, -0.25) is 0 Å². The van der Waals surface area contributed by atoms with Crippen molar-refractivity contribution in [2.24, 2.45) is 0 Å². The minimum absolute atomic E-state index is 0. The number of benzene rings is 1. The summed E-state index contributed by atoms with van der Waals surface area (Å²) in [6, 6.07) is 4.87. The minimum Gasteiger partial charge on any atom is -0.420 e. The van der Waals surface area contributed by atoms with E-state index >= 15 is 0 Å². The van der Waals surface area contributed by atoms with Crippen molar-refractivity contribution in [2.75, 3.05) is 0 Å². The fourth-order valence-electron chi connectivity index (χ4n) is 0.706. The predicted octanol–water partition coefficient (Wildman–Crippen LogP) is -1.63. The van der Waals surface area contributed by atoms with Gasteiger partial charge in [0.15, 0.2) is 0 Å². The first-order valence-corrected chi connectivity index (χ1v) is 4.01. The summed E-state index contributed by atoms with van der Waals surface area (Å²) in [5.41, 5.74) is 0.0988. The van der Waals surface area contributed by atoms with Gasteiger partial charge in [0.1, 0.15) is 5.82 Å². The first kappa shape index (κ1) is 12.6. The summed E-state index contributed by atoms with van der Waals surface area (Å²) in [6.45, 7) is 0. The Morgan fingerprint density at radius 3 is 2.38 bits per heavy atom. The Hall–Kier alpha value is -0.410. The van der Waals surface area contributed by atoms with Crippen molar-refractivity contribution in [3.05, 3.63) is 29.6 Å². The number of hydrogen-bond donors (Lipinski definition) is 0. The normalized spacial score (nSPS) is 9.00. The summed E-state index contributed by atoms with van der Waals surface area (Å²) in [5.74, 6) is -0.901. The van der Waals surface area contributed by atoms with Crippen LogP contribution in [0.15, 0.2) is 23.1 Å². The van der Waals surface area contributed by atoms with E-state index in [1.807, 2.05) is 0 Å². The maximum Gasteiger partial charge on any atom is 1.00 e. The summed E-state index contributed by atoms with van der Waals surface area (Å²) < 4.78 is 33.3. The van der Waals surface area contributed by atoms with Gasteiger partial charge in [-0.2, -0.15) is 5.26 Å². The summed E-state index contributed by atoms with van der Waals surface area (Å²) in [5, 5.41) is 8.32. The second-order valence-electron chi connectivity index (χ2n) is 1.99. The zero-order chi connectivity index (χ0) is 9.14. The molecule has 0 saturated carbocycles. The van der Waals surface area contributed by atoms with Crippen molar-refractivity contribution < 1.29 is 42.4 Å². The topological polar surface area (TPSA) is 57.9 Å². The largest absolute Gasteiger partial charge is 1.00 e. The molecule has 0 amide bonds. The summed E-state index contributed by atoms with van der Waals surface area (Å²) in [4.78, 5) is -0.422. The molecule has 1 rings (SSSR count). The van der Waals surface area contributed by atoms with Gasteiger partial charge in [-0.1, -0.05) is 6.07 Å². The smallest absolute Gasteiger partial charge is 0.420 e. The van der Waals surface area contributed by atoms with Crippen molar-refractivity contribution in [2.45, 2.75) is 4.90 Å². The Morgan fingerprint density at radius 1 is 1.38 bits per heavy atom. The molecular weight excluding hydrogens is 204 g/mol. The van der Waals surface area contributed by atoms with Crippen molar-refractivity contribution in [1.29, 1.82) is 5.26 Å². The quantitative estimate of drug-likeness (QED) is 0.410. The van der Waals surface area contributed by atoms with E-state index in [4.69, 9.17) is 5.26 Å². The third kappa shape index (κ3) is 3.08. The van der Waals surface area contributed by atoms with Gasteiger partial charge >= 0.3 is 29.6 Å². The van der Waals surface area contributed by atoms with E-state index in [0.29, 0.717) is 0 Å². The molecule has 0 saturated heterocycles. The van der Waals surface area contributed by atoms with Gasteiger partial charge in [-0.05, 0) is 27.7 Å². The summed E-state index contributed by atoms with van der Waals surface area (Å²) in [6.07, 6.45) is 0. The van der Waals surface area contributed by atoms with Crippen LogP contribution >= 0.6 is 0 Å². The molecule has 0 unspecified atom stereocenters. The van der Waals surface area contributed by atoms with Crippen LogP contribution in [0.25, 0.3) is 0 Å². The molecule has 1 aromatic carbocycles. The van der Waals surface area contributed by atoms with Gasteiger partial charge in [-0.25, -0.2) is 4.39 Å². The van der Waals surface area contributed by atoms with Crippen molar-refractivity contribution in [1.82, 2.24) is 0 Å². The van der Waals surface area contributed by atoms with Gasteiger partial charge in [0.05, 0.1) is 11.6 Å². The number of hydrogen-bond acceptors (Lipinski definition) is 4. The minimum atomic E-state index is -2.59. The maximum atomic E-state index is 12.7. The van der Waals surface area contributed by atoms with Crippen LogP contribution in [-0.4, -0.2) is 0 Å². The zero-order valence-electron chi connectivity index (χ0n) is 6.78. The zero-order valence-corrected chi connectivity index (χ0v) is 9.60. The van der Waals surface area contributed by atoms with Crippen molar-refractivity contribution in [3.8, 4) is 6.07 Å². The monoisotopic (exact) mass is 207 g/mol. The molecule has 0 aromatic heterocycles. The molecule has 0 bridgehead atoms. The molecule has 62 valence electrons. The molecule has 0 spiro atoms. The van der Waals surface area contributed by atoms with Crippen LogP contribution in [0.5, 0.6) is 0 Å². The van der Waals surface area contributed by atoms with E-state index in [2.05, 4.69) is 0 Å². The van der Waals surface area contributed by atoms with Crippen molar-refractivity contribution in [3.63, 3.8) is 0 Å². The van der Waals surface area contributed by atoms with Gasteiger partial charge < -0.3 is 8.42 Å². The molecule has 0 fully saturated rings. The molecule has 0 aliphatic heterocycles. The second kappa shape index (κ2) is 5.35. The average Bonchev–Trinajstić information content (AvgIpc) is 2.03. The van der Waals surface area contributed by atoms with Gasteiger partial charge in [0.2, 0.25) is 0 Å². The van der Waals surface area contributed by atoms with Crippen LogP contribution in [-0.2, 0) is 19.1 Å². The molecule has 0 heterocycles. The van der Waals surface area contributed by atoms with E-state index in [1.54, 1.807) is 6.07 Å². The summed E-state index contributed by atoms with van der Waals surface area (Å²) >= 11 is 0. The number of nitriles is 1. The Bertz CT molecular complexity index is 417. The Morgan fingerprint density at radius 2 is 2.00 bits per heavy atom. The van der Waals surface area contributed by atoms with Crippen LogP contribution in [0, 0.1) is 17.1 Å². The molecule has 13 heavy (non-hydrogen) atoms. The van der Waals surface area contributed by atoms with Crippen LogP contribution in [0.4, 0.5) is 4.39 Å². The van der Waals surface area contributed by atoms with E-state index in [1.165, 1.54) is 6.07 Å². The van der Waals surface area contributed by atoms with Gasteiger partial charge in [0.25, 0.3) is 0 Å². The standard InChI is InChI=1S/C7H3FNO2S.Na/c8-6-3-5(4-9)1-2-7(6)12(10)11;/h1-3H;/q-1;+1. The Labute approximate surface area is 98.4 Å². The molecule has 0 aliphatic rings. The van der Waals surface area contributed by atoms with E-state index < -0.39 is 21.4 Å². The maximum absolute atomic E-state index is 12.7. The fourth-order valence-corrected chi connectivity index (χ4v) is 1.10. The molecule has 0 N–H and O–H groups in total. The molecule has 0 atom stereocenters. The van der Waals surface area contributed by atoms with Crippen LogP contribution in [0.3, 0.4) is 0 Å².